The number of hydrogen-bond donors (Lipinski definition) is 1. The van der Waals surface area contributed by atoms with Gasteiger partial charge in [0.25, 0.3) is 0 Å². The molecule has 0 radical (unpaired) electrons. The van der Waals surface area contributed by atoms with E-state index >= 15 is 0 Å². The maximum atomic E-state index is 10.0. The van der Waals surface area contributed by atoms with Gasteiger partial charge in [0, 0.05) is 0 Å². The van der Waals surface area contributed by atoms with Crippen molar-refractivity contribution in [1.29, 1.82) is 0 Å². The largest absolute Gasteiger partial charge is 0.393 e. The molecule has 0 amide bonds. The van der Waals surface area contributed by atoms with Crippen LogP contribution in [0, 0.1) is 5.92 Å². The lowest BCUT2D eigenvalue weighted by Crippen LogP contribution is -2.21. The summed E-state index contributed by atoms with van der Waals surface area (Å²) in [6.07, 6.45) is 14.3. The molecule has 1 aliphatic rings. The van der Waals surface area contributed by atoms with Gasteiger partial charge in [-0.3, -0.25) is 0 Å². The number of hydrogen-bond acceptors (Lipinski definition) is 1. The van der Waals surface area contributed by atoms with Gasteiger partial charge in [0.05, 0.1) is 6.10 Å². The molecular formula is C14H28O. The van der Waals surface area contributed by atoms with Crippen molar-refractivity contribution in [2.75, 3.05) is 0 Å². The zero-order chi connectivity index (χ0) is 10.9. The van der Waals surface area contributed by atoms with Crippen LogP contribution >= 0.6 is 0 Å². The third kappa shape index (κ3) is 5.55. The topological polar surface area (TPSA) is 20.2 Å². The van der Waals surface area contributed by atoms with E-state index < -0.39 is 0 Å². The molecule has 1 saturated carbocycles. The Kier molecular flexibility index (Phi) is 7.08. The van der Waals surface area contributed by atoms with Crippen LogP contribution in [-0.2, 0) is 0 Å². The van der Waals surface area contributed by atoms with Crippen molar-refractivity contribution in [1.82, 2.24) is 0 Å². The molecule has 15 heavy (non-hydrogen) atoms. The average Bonchev–Trinajstić information content (AvgIpc) is 2.22. The fourth-order valence-corrected chi connectivity index (χ4v) is 2.71. The van der Waals surface area contributed by atoms with Gasteiger partial charge in [-0.1, -0.05) is 58.3 Å². The van der Waals surface area contributed by atoms with Crippen LogP contribution in [0.2, 0.25) is 0 Å². The third-order valence-corrected chi connectivity index (χ3v) is 3.80. The minimum atomic E-state index is 0.00641. The molecule has 0 spiro atoms. The average molecular weight is 212 g/mol. The third-order valence-electron chi connectivity index (χ3n) is 3.80. The summed E-state index contributed by atoms with van der Waals surface area (Å²) in [5.41, 5.74) is 0. The molecule has 2 unspecified atom stereocenters. The molecule has 1 rings (SSSR count). The minimum absolute atomic E-state index is 0.00641. The molecule has 1 aliphatic carbocycles. The van der Waals surface area contributed by atoms with E-state index in [-0.39, 0.29) is 6.10 Å². The zero-order valence-electron chi connectivity index (χ0n) is 10.4. The fraction of sp³-hybridized carbons (Fsp3) is 1.00. The van der Waals surface area contributed by atoms with Crippen LogP contribution in [0.5, 0.6) is 0 Å². The molecule has 0 aliphatic heterocycles. The highest BCUT2D eigenvalue weighted by Gasteiger charge is 2.19. The maximum Gasteiger partial charge on any atom is 0.0568 e. The maximum absolute atomic E-state index is 10.0. The highest BCUT2D eigenvalue weighted by Crippen LogP contribution is 2.27. The van der Waals surface area contributed by atoms with Gasteiger partial charge in [0.1, 0.15) is 0 Å². The van der Waals surface area contributed by atoms with Crippen LogP contribution in [-0.4, -0.2) is 11.2 Å². The van der Waals surface area contributed by atoms with Crippen LogP contribution in [0.25, 0.3) is 0 Å². The lowest BCUT2D eigenvalue weighted by molar-refractivity contribution is 0.0774. The van der Waals surface area contributed by atoms with Crippen molar-refractivity contribution in [3.63, 3.8) is 0 Å². The second-order valence-corrected chi connectivity index (χ2v) is 5.17. The summed E-state index contributed by atoms with van der Waals surface area (Å²) in [4.78, 5) is 0. The van der Waals surface area contributed by atoms with Crippen molar-refractivity contribution in [3.8, 4) is 0 Å². The smallest absolute Gasteiger partial charge is 0.0568 e. The Morgan fingerprint density at radius 1 is 0.933 bits per heavy atom. The molecule has 1 nitrogen and oxygen atoms in total. The van der Waals surface area contributed by atoms with Crippen LogP contribution in [0.15, 0.2) is 0 Å². The van der Waals surface area contributed by atoms with Gasteiger partial charge >= 0.3 is 0 Å². The normalized spacial score (nSPS) is 28.4. The molecule has 90 valence electrons. The van der Waals surface area contributed by atoms with Crippen molar-refractivity contribution < 1.29 is 5.11 Å². The van der Waals surface area contributed by atoms with Gasteiger partial charge < -0.3 is 5.11 Å². The Labute approximate surface area is 95.3 Å². The van der Waals surface area contributed by atoms with E-state index in [9.17, 15) is 5.11 Å². The van der Waals surface area contributed by atoms with E-state index in [1.165, 1.54) is 64.2 Å². The van der Waals surface area contributed by atoms with Crippen molar-refractivity contribution in [2.45, 2.75) is 83.7 Å². The first-order chi connectivity index (χ1) is 7.34. The first-order valence-electron chi connectivity index (χ1n) is 7.02. The minimum Gasteiger partial charge on any atom is -0.393 e. The molecule has 2 atom stereocenters. The van der Waals surface area contributed by atoms with Crippen molar-refractivity contribution in [3.05, 3.63) is 0 Å². The van der Waals surface area contributed by atoms with E-state index in [2.05, 4.69) is 6.92 Å². The molecule has 0 saturated heterocycles. The van der Waals surface area contributed by atoms with Crippen LogP contribution in [0.1, 0.15) is 77.6 Å². The SMILES string of the molecule is CCCCCCC1CCCCCCC1O. The van der Waals surface area contributed by atoms with Gasteiger partial charge in [0.15, 0.2) is 0 Å². The summed E-state index contributed by atoms with van der Waals surface area (Å²) in [6, 6.07) is 0. The number of aliphatic hydroxyl groups is 1. The van der Waals surface area contributed by atoms with Crippen LogP contribution in [0.3, 0.4) is 0 Å². The summed E-state index contributed by atoms with van der Waals surface area (Å²) in [6.45, 7) is 2.25. The molecule has 1 N–H and O–H groups in total. The van der Waals surface area contributed by atoms with E-state index in [0.29, 0.717) is 5.92 Å². The molecule has 0 aromatic heterocycles. The Morgan fingerprint density at radius 3 is 2.40 bits per heavy atom. The molecule has 0 aromatic rings. The molecule has 0 aromatic carbocycles. The van der Waals surface area contributed by atoms with E-state index in [0.717, 1.165) is 6.42 Å². The number of rotatable bonds is 5. The van der Waals surface area contributed by atoms with E-state index in [1.807, 2.05) is 0 Å². The fourth-order valence-electron chi connectivity index (χ4n) is 2.71. The first-order valence-corrected chi connectivity index (χ1v) is 7.02. The molecule has 0 bridgehead atoms. The summed E-state index contributed by atoms with van der Waals surface area (Å²) < 4.78 is 0. The van der Waals surface area contributed by atoms with Crippen LogP contribution in [0.4, 0.5) is 0 Å². The van der Waals surface area contributed by atoms with Gasteiger partial charge in [-0.05, 0) is 25.2 Å². The van der Waals surface area contributed by atoms with Gasteiger partial charge in [-0.2, -0.15) is 0 Å². The van der Waals surface area contributed by atoms with E-state index in [1.54, 1.807) is 0 Å². The number of unbranched alkanes of at least 4 members (excludes halogenated alkanes) is 3. The monoisotopic (exact) mass is 212 g/mol. The van der Waals surface area contributed by atoms with Gasteiger partial charge in [-0.25, -0.2) is 0 Å². The summed E-state index contributed by atoms with van der Waals surface area (Å²) in [5, 5.41) is 10.0. The Bertz CT molecular complexity index is 144. The Hall–Kier alpha value is -0.0400. The predicted octanol–water partition coefficient (Wildman–Crippen LogP) is 4.29. The Morgan fingerprint density at radius 2 is 1.67 bits per heavy atom. The molecular weight excluding hydrogens is 184 g/mol. The quantitative estimate of drug-likeness (QED) is 0.674. The first kappa shape index (κ1) is 13.0. The summed E-state index contributed by atoms with van der Waals surface area (Å²) in [7, 11) is 0. The Balaban J connectivity index is 2.17. The summed E-state index contributed by atoms with van der Waals surface area (Å²) in [5.74, 6) is 0.613. The highest BCUT2D eigenvalue weighted by molar-refractivity contribution is 4.72. The van der Waals surface area contributed by atoms with Gasteiger partial charge in [-0.15, -0.1) is 0 Å². The molecule has 1 heteroatoms. The summed E-state index contributed by atoms with van der Waals surface area (Å²) >= 11 is 0. The van der Waals surface area contributed by atoms with Gasteiger partial charge in [0.2, 0.25) is 0 Å². The number of aliphatic hydroxyl groups excluding tert-OH is 1. The van der Waals surface area contributed by atoms with Crippen molar-refractivity contribution >= 4 is 0 Å². The predicted molar refractivity (Wildman–Crippen MR) is 66.0 cm³/mol. The van der Waals surface area contributed by atoms with Crippen molar-refractivity contribution in [2.24, 2.45) is 5.92 Å². The lowest BCUT2D eigenvalue weighted by Gasteiger charge is -2.25. The van der Waals surface area contributed by atoms with E-state index in [4.69, 9.17) is 0 Å². The van der Waals surface area contributed by atoms with Crippen LogP contribution < -0.4 is 0 Å². The molecule has 1 fully saturated rings. The highest BCUT2D eigenvalue weighted by atomic mass is 16.3. The second kappa shape index (κ2) is 8.15. The standard InChI is InChI=1S/C14H28O/c1-2-3-4-7-10-13-11-8-5-6-9-12-14(13)15/h13-15H,2-12H2,1H3. The zero-order valence-corrected chi connectivity index (χ0v) is 10.4. The second-order valence-electron chi connectivity index (χ2n) is 5.17. The molecule has 0 heterocycles. The lowest BCUT2D eigenvalue weighted by atomic mass is 9.85.